The summed E-state index contributed by atoms with van der Waals surface area (Å²) in [6.07, 6.45) is 0. The molecule has 0 unspecified atom stereocenters. The minimum absolute atomic E-state index is 0.238. The number of carbonyl (C=O) groups is 1. The summed E-state index contributed by atoms with van der Waals surface area (Å²) < 4.78 is 10.5. The zero-order chi connectivity index (χ0) is 23.0. The fourth-order valence-corrected chi connectivity index (χ4v) is 4.07. The van der Waals surface area contributed by atoms with Crippen LogP contribution in [-0.2, 0) is 13.1 Å². The van der Waals surface area contributed by atoms with E-state index < -0.39 is 0 Å². The summed E-state index contributed by atoms with van der Waals surface area (Å²) in [5, 5.41) is 12.7. The lowest BCUT2D eigenvalue weighted by molar-refractivity contribution is 0.0994. The Kier molecular flexibility index (Phi) is 6.26. The Labute approximate surface area is 199 Å². The van der Waals surface area contributed by atoms with Crippen LogP contribution in [0.25, 0.3) is 0 Å². The van der Waals surface area contributed by atoms with E-state index in [1.807, 2.05) is 61.3 Å². The first-order chi connectivity index (χ1) is 15.2. The minimum Gasteiger partial charge on any atom is -0.454 e. The molecule has 7 nitrogen and oxygen atoms in total. The summed E-state index contributed by atoms with van der Waals surface area (Å²) >= 11 is 9.62. The molecule has 0 aliphatic rings. The van der Waals surface area contributed by atoms with Crippen LogP contribution in [0, 0.1) is 27.7 Å². The van der Waals surface area contributed by atoms with Gasteiger partial charge in [0.05, 0.1) is 46.0 Å². The number of halogens is 2. The third-order valence-corrected chi connectivity index (χ3v) is 6.71. The zero-order valence-electron chi connectivity index (χ0n) is 18.2. The third-order valence-electron chi connectivity index (χ3n) is 5.33. The van der Waals surface area contributed by atoms with Crippen LogP contribution in [0.1, 0.15) is 44.7 Å². The molecule has 4 rings (SSSR count). The molecule has 0 fully saturated rings. The Balaban J connectivity index is 1.48. The number of furan rings is 1. The molecule has 0 bridgehead atoms. The van der Waals surface area contributed by atoms with Crippen LogP contribution in [0.4, 0.5) is 5.69 Å². The van der Waals surface area contributed by atoms with Gasteiger partial charge in [-0.2, -0.15) is 10.2 Å². The standard InChI is InChI=1S/C23H23BrClN5O2/c1-13-21(24)15(3)30(27-13)12-19-8-9-20(32-19)23(31)26-22-14(2)28-29(16(22)4)11-17-6-5-7-18(25)10-17/h5-10H,11-12H2,1-4H3,(H,26,31). The van der Waals surface area contributed by atoms with Crippen molar-refractivity contribution in [1.29, 1.82) is 0 Å². The van der Waals surface area contributed by atoms with Crippen molar-refractivity contribution in [3.63, 3.8) is 0 Å². The van der Waals surface area contributed by atoms with Gasteiger partial charge in [0.15, 0.2) is 5.76 Å². The number of carbonyl (C=O) groups excluding carboxylic acids is 1. The molecular formula is C23H23BrClN5O2. The van der Waals surface area contributed by atoms with Crippen LogP contribution < -0.4 is 5.32 Å². The molecule has 1 aromatic carbocycles. The number of nitrogens with one attached hydrogen (secondary N) is 1. The van der Waals surface area contributed by atoms with Gasteiger partial charge in [0.2, 0.25) is 0 Å². The highest BCUT2D eigenvalue weighted by Gasteiger charge is 2.18. The van der Waals surface area contributed by atoms with Gasteiger partial charge in [-0.3, -0.25) is 14.2 Å². The zero-order valence-corrected chi connectivity index (χ0v) is 20.6. The molecule has 0 saturated heterocycles. The molecule has 1 amide bonds. The van der Waals surface area contributed by atoms with E-state index in [0.717, 1.165) is 32.8 Å². The van der Waals surface area contributed by atoms with E-state index >= 15 is 0 Å². The van der Waals surface area contributed by atoms with Crippen LogP contribution in [-0.4, -0.2) is 25.5 Å². The van der Waals surface area contributed by atoms with Gasteiger partial charge >= 0.3 is 0 Å². The van der Waals surface area contributed by atoms with Crippen molar-refractivity contribution in [3.8, 4) is 0 Å². The molecule has 0 aliphatic heterocycles. The molecule has 0 atom stereocenters. The quantitative estimate of drug-likeness (QED) is 0.358. The van der Waals surface area contributed by atoms with Crippen molar-refractivity contribution in [2.24, 2.45) is 0 Å². The molecule has 0 saturated carbocycles. The van der Waals surface area contributed by atoms with Crippen molar-refractivity contribution in [3.05, 3.63) is 85.8 Å². The van der Waals surface area contributed by atoms with Gasteiger partial charge in [-0.25, -0.2) is 0 Å². The van der Waals surface area contributed by atoms with Crippen molar-refractivity contribution in [2.75, 3.05) is 5.32 Å². The summed E-state index contributed by atoms with van der Waals surface area (Å²) in [6, 6.07) is 11.1. The predicted octanol–water partition coefficient (Wildman–Crippen LogP) is 5.67. The summed E-state index contributed by atoms with van der Waals surface area (Å²) in [5.41, 5.74) is 5.22. The van der Waals surface area contributed by atoms with Crippen LogP contribution >= 0.6 is 27.5 Å². The maximum atomic E-state index is 12.8. The average molecular weight is 517 g/mol. The Hall–Kier alpha value is -2.84. The van der Waals surface area contributed by atoms with E-state index in [-0.39, 0.29) is 11.7 Å². The molecule has 4 aromatic rings. The van der Waals surface area contributed by atoms with E-state index in [0.29, 0.717) is 29.6 Å². The number of hydrogen-bond acceptors (Lipinski definition) is 4. The number of anilines is 1. The van der Waals surface area contributed by atoms with Crippen molar-refractivity contribution >= 4 is 39.1 Å². The lowest BCUT2D eigenvalue weighted by atomic mass is 10.2. The monoisotopic (exact) mass is 515 g/mol. The fraction of sp³-hybridized carbons (Fsp3) is 0.261. The number of nitrogens with zero attached hydrogens (tertiary/aromatic N) is 4. The maximum Gasteiger partial charge on any atom is 0.291 e. The van der Waals surface area contributed by atoms with Crippen LogP contribution in [0.5, 0.6) is 0 Å². The van der Waals surface area contributed by atoms with E-state index in [1.54, 1.807) is 12.1 Å². The molecule has 32 heavy (non-hydrogen) atoms. The molecule has 9 heteroatoms. The normalized spacial score (nSPS) is 11.2. The molecule has 0 aliphatic carbocycles. The van der Waals surface area contributed by atoms with Crippen LogP contribution in [0.15, 0.2) is 45.3 Å². The molecule has 166 valence electrons. The van der Waals surface area contributed by atoms with Crippen LogP contribution in [0.3, 0.4) is 0 Å². The largest absolute Gasteiger partial charge is 0.454 e. The lowest BCUT2D eigenvalue weighted by Crippen LogP contribution is -2.12. The number of benzene rings is 1. The first-order valence-corrected chi connectivity index (χ1v) is 11.3. The van der Waals surface area contributed by atoms with Gasteiger partial charge in [-0.15, -0.1) is 0 Å². The van der Waals surface area contributed by atoms with Crippen molar-refractivity contribution < 1.29 is 9.21 Å². The topological polar surface area (TPSA) is 77.9 Å². The number of aryl methyl sites for hydroxylation is 2. The second-order valence-electron chi connectivity index (χ2n) is 7.70. The Bertz CT molecular complexity index is 1300. The van der Waals surface area contributed by atoms with Gasteiger partial charge in [0.1, 0.15) is 5.76 Å². The van der Waals surface area contributed by atoms with Gasteiger partial charge in [0.25, 0.3) is 5.91 Å². The Morgan fingerprint density at radius 3 is 2.44 bits per heavy atom. The second-order valence-corrected chi connectivity index (χ2v) is 8.93. The molecule has 0 radical (unpaired) electrons. The Morgan fingerprint density at radius 1 is 1.03 bits per heavy atom. The molecule has 3 aromatic heterocycles. The third kappa shape index (κ3) is 4.52. The molecule has 1 N–H and O–H groups in total. The van der Waals surface area contributed by atoms with Gasteiger partial charge in [-0.1, -0.05) is 23.7 Å². The highest BCUT2D eigenvalue weighted by Crippen LogP contribution is 2.24. The smallest absolute Gasteiger partial charge is 0.291 e. The number of amides is 1. The summed E-state index contributed by atoms with van der Waals surface area (Å²) in [7, 11) is 0. The van der Waals surface area contributed by atoms with E-state index in [2.05, 4.69) is 31.4 Å². The fourth-order valence-electron chi connectivity index (χ4n) is 3.58. The minimum atomic E-state index is -0.320. The summed E-state index contributed by atoms with van der Waals surface area (Å²) in [6.45, 7) is 8.71. The maximum absolute atomic E-state index is 12.8. The highest BCUT2D eigenvalue weighted by atomic mass is 79.9. The SMILES string of the molecule is Cc1nn(Cc2ccc(C(=O)Nc3c(C)nn(Cc4cccc(Cl)c4)c3C)o2)c(C)c1Br. The van der Waals surface area contributed by atoms with Gasteiger partial charge in [0, 0.05) is 5.02 Å². The number of hydrogen-bond donors (Lipinski definition) is 1. The van der Waals surface area contributed by atoms with Gasteiger partial charge < -0.3 is 9.73 Å². The Morgan fingerprint density at radius 2 is 1.75 bits per heavy atom. The molecule has 3 heterocycles. The van der Waals surface area contributed by atoms with E-state index in [1.165, 1.54) is 0 Å². The average Bonchev–Trinajstić information content (AvgIpc) is 3.39. The van der Waals surface area contributed by atoms with Crippen molar-refractivity contribution in [2.45, 2.75) is 40.8 Å². The number of aromatic nitrogens is 4. The van der Waals surface area contributed by atoms with E-state index in [9.17, 15) is 4.79 Å². The van der Waals surface area contributed by atoms with E-state index in [4.69, 9.17) is 16.0 Å². The predicted molar refractivity (Wildman–Crippen MR) is 127 cm³/mol. The lowest BCUT2D eigenvalue weighted by Gasteiger charge is -2.07. The second kappa shape index (κ2) is 8.96. The summed E-state index contributed by atoms with van der Waals surface area (Å²) in [5.74, 6) is 0.569. The first kappa shape index (κ1) is 22.4. The molecular weight excluding hydrogens is 494 g/mol. The van der Waals surface area contributed by atoms with Crippen LogP contribution in [0.2, 0.25) is 5.02 Å². The number of rotatable bonds is 6. The summed E-state index contributed by atoms with van der Waals surface area (Å²) in [4.78, 5) is 12.8. The van der Waals surface area contributed by atoms with Gasteiger partial charge in [-0.05, 0) is 73.5 Å². The highest BCUT2D eigenvalue weighted by molar-refractivity contribution is 9.10. The van der Waals surface area contributed by atoms with Crippen molar-refractivity contribution in [1.82, 2.24) is 19.6 Å². The first-order valence-electron chi connectivity index (χ1n) is 10.1. The molecule has 0 spiro atoms.